The molecule has 7 heteroatoms. The first-order chi connectivity index (χ1) is 13.6. The van der Waals surface area contributed by atoms with Gasteiger partial charge in [0.1, 0.15) is 23.6 Å². The molecule has 0 radical (unpaired) electrons. The van der Waals surface area contributed by atoms with Crippen LogP contribution in [0.3, 0.4) is 0 Å². The van der Waals surface area contributed by atoms with Gasteiger partial charge < -0.3 is 19.4 Å². The van der Waals surface area contributed by atoms with Crippen LogP contribution < -0.4 is 14.5 Å². The number of hydrogen-bond acceptors (Lipinski definition) is 6. The summed E-state index contributed by atoms with van der Waals surface area (Å²) in [6.45, 7) is 6.36. The van der Waals surface area contributed by atoms with Crippen molar-refractivity contribution in [3.8, 4) is 5.75 Å². The Balaban J connectivity index is 1.61. The quantitative estimate of drug-likeness (QED) is 0.733. The molecule has 1 amide bonds. The first-order valence-corrected chi connectivity index (χ1v) is 9.84. The van der Waals surface area contributed by atoms with E-state index in [1.165, 1.54) is 12.0 Å². The predicted octanol–water partition coefficient (Wildman–Crippen LogP) is 2.68. The van der Waals surface area contributed by atoms with Gasteiger partial charge in [0.25, 0.3) is 5.91 Å². The summed E-state index contributed by atoms with van der Waals surface area (Å²) in [5.41, 5.74) is 1.65. The van der Waals surface area contributed by atoms with Crippen molar-refractivity contribution >= 4 is 17.4 Å². The van der Waals surface area contributed by atoms with Gasteiger partial charge in [0.2, 0.25) is 0 Å². The highest BCUT2D eigenvalue weighted by Gasteiger charge is 2.20. The number of unbranched alkanes of at least 4 members (excludes halogenated alkanes) is 1. The molecule has 1 aliphatic heterocycles. The molecule has 1 fully saturated rings. The summed E-state index contributed by atoms with van der Waals surface area (Å²) < 4.78 is 5.23. The van der Waals surface area contributed by atoms with Gasteiger partial charge in [-0.05, 0) is 30.7 Å². The SMILES string of the molecule is CCCCN(C)C(=O)c1cc(N2CCN(c3ccc(OC)cc3)CC2)ncn1. The maximum atomic E-state index is 12.6. The number of benzene rings is 1. The fourth-order valence-corrected chi connectivity index (χ4v) is 3.32. The maximum absolute atomic E-state index is 12.6. The smallest absolute Gasteiger partial charge is 0.272 e. The van der Waals surface area contributed by atoms with Crippen LogP contribution in [0.2, 0.25) is 0 Å². The van der Waals surface area contributed by atoms with Gasteiger partial charge in [-0.1, -0.05) is 13.3 Å². The summed E-state index contributed by atoms with van der Waals surface area (Å²) in [6.07, 6.45) is 3.55. The van der Waals surface area contributed by atoms with E-state index in [2.05, 4.69) is 38.8 Å². The van der Waals surface area contributed by atoms with E-state index in [1.54, 1.807) is 12.0 Å². The number of anilines is 2. The van der Waals surface area contributed by atoms with Crippen LogP contribution in [0.5, 0.6) is 5.75 Å². The Morgan fingerprint density at radius 1 is 1.11 bits per heavy atom. The molecule has 1 saturated heterocycles. The molecule has 0 spiro atoms. The zero-order chi connectivity index (χ0) is 19.9. The van der Waals surface area contributed by atoms with E-state index in [1.807, 2.05) is 25.2 Å². The number of aromatic nitrogens is 2. The number of ether oxygens (including phenoxy) is 1. The number of methoxy groups -OCH3 is 1. The van der Waals surface area contributed by atoms with Gasteiger partial charge in [-0.2, -0.15) is 0 Å². The van der Waals surface area contributed by atoms with Crippen LogP contribution in [0.4, 0.5) is 11.5 Å². The number of nitrogens with zero attached hydrogens (tertiary/aromatic N) is 5. The number of carbonyl (C=O) groups excluding carboxylic acids is 1. The Morgan fingerprint density at radius 3 is 2.43 bits per heavy atom. The average Bonchev–Trinajstić information content (AvgIpc) is 2.77. The van der Waals surface area contributed by atoms with Crippen molar-refractivity contribution < 1.29 is 9.53 Å². The third-order valence-corrected chi connectivity index (χ3v) is 5.11. The topological polar surface area (TPSA) is 61.8 Å². The Bertz CT molecular complexity index is 773. The highest BCUT2D eigenvalue weighted by Crippen LogP contribution is 2.22. The molecule has 150 valence electrons. The lowest BCUT2D eigenvalue weighted by molar-refractivity contribution is 0.0787. The molecule has 1 aromatic heterocycles. The van der Waals surface area contributed by atoms with Gasteiger partial charge in [-0.15, -0.1) is 0 Å². The number of piperazine rings is 1. The molecular weight excluding hydrogens is 354 g/mol. The first kappa shape index (κ1) is 19.9. The molecule has 0 unspecified atom stereocenters. The van der Waals surface area contributed by atoms with Gasteiger partial charge in [0.15, 0.2) is 0 Å². The van der Waals surface area contributed by atoms with E-state index in [4.69, 9.17) is 4.74 Å². The minimum absolute atomic E-state index is 0.0473. The molecular formula is C21H29N5O2. The van der Waals surface area contributed by atoms with Gasteiger partial charge in [-0.3, -0.25) is 4.79 Å². The van der Waals surface area contributed by atoms with Crippen LogP contribution in [-0.4, -0.2) is 67.7 Å². The maximum Gasteiger partial charge on any atom is 0.272 e. The highest BCUT2D eigenvalue weighted by atomic mass is 16.5. The van der Waals surface area contributed by atoms with E-state index in [0.717, 1.165) is 57.1 Å². The second-order valence-corrected chi connectivity index (χ2v) is 7.01. The number of amides is 1. The van der Waals surface area contributed by atoms with Crippen molar-refractivity contribution in [2.45, 2.75) is 19.8 Å². The molecule has 1 aliphatic rings. The third-order valence-electron chi connectivity index (χ3n) is 5.11. The standard InChI is InChI=1S/C21H29N5O2/c1-4-5-10-24(2)21(27)19-15-20(23-16-22-19)26-13-11-25(12-14-26)17-6-8-18(28-3)9-7-17/h6-9,15-16H,4-5,10-14H2,1-3H3. The lowest BCUT2D eigenvalue weighted by Crippen LogP contribution is -2.47. The van der Waals surface area contributed by atoms with Crippen molar-refractivity contribution in [2.24, 2.45) is 0 Å². The van der Waals surface area contributed by atoms with E-state index in [9.17, 15) is 4.79 Å². The summed E-state index contributed by atoms with van der Waals surface area (Å²) in [4.78, 5) is 27.5. The monoisotopic (exact) mass is 383 g/mol. The molecule has 1 aromatic carbocycles. The largest absolute Gasteiger partial charge is 0.497 e. The van der Waals surface area contributed by atoms with Crippen molar-refractivity contribution in [3.05, 3.63) is 42.4 Å². The van der Waals surface area contributed by atoms with Gasteiger partial charge >= 0.3 is 0 Å². The molecule has 3 rings (SSSR count). The average molecular weight is 383 g/mol. The van der Waals surface area contributed by atoms with Crippen molar-refractivity contribution in [1.29, 1.82) is 0 Å². The molecule has 0 bridgehead atoms. The highest BCUT2D eigenvalue weighted by molar-refractivity contribution is 5.92. The fraction of sp³-hybridized carbons (Fsp3) is 0.476. The van der Waals surface area contributed by atoms with E-state index in [0.29, 0.717) is 5.69 Å². The molecule has 0 aliphatic carbocycles. The molecule has 0 atom stereocenters. The van der Waals surface area contributed by atoms with E-state index < -0.39 is 0 Å². The predicted molar refractivity (Wildman–Crippen MR) is 111 cm³/mol. The molecule has 0 N–H and O–H groups in total. The van der Waals surface area contributed by atoms with Crippen LogP contribution in [0.25, 0.3) is 0 Å². The Hall–Kier alpha value is -2.83. The van der Waals surface area contributed by atoms with Gasteiger partial charge in [0, 0.05) is 51.5 Å². The second kappa shape index (κ2) is 9.39. The second-order valence-electron chi connectivity index (χ2n) is 7.01. The summed E-state index contributed by atoms with van der Waals surface area (Å²) in [7, 11) is 3.50. The van der Waals surface area contributed by atoms with E-state index in [-0.39, 0.29) is 5.91 Å². The minimum atomic E-state index is -0.0473. The molecule has 0 saturated carbocycles. The molecule has 2 heterocycles. The van der Waals surface area contributed by atoms with E-state index >= 15 is 0 Å². The fourth-order valence-electron chi connectivity index (χ4n) is 3.32. The molecule has 2 aromatic rings. The first-order valence-electron chi connectivity index (χ1n) is 9.84. The summed E-state index contributed by atoms with van der Waals surface area (Å²) >= 11 is 0. The number of carbonyl (C=O) groups is 1. The molecule has 7 nitrogen and oxygen atoms in total. The van der Waals surface area contributed by atoms with Crippen LogP contribution in [0.15, 0.2) is 36.7 Å². The van der Waals surface area contributed by atoms with Gasteiger partial charge in [0.05, 0.1) is 7.11 Å². The molecule has 28 heavy (non-hydrogen) atoms. The van der Waals surface area contributed by atoms with Crippen molar-refractivity contribution in [1.82, 2.24) is 14.9 Å². The summed E-state index contributed by atoms with van der Waals surface area (Å²) in [5, 5.41) is 0. The van der Waals surface area contributed by atoms with Crippen LogP contribution >= 0.6 is 0 Å². The van der Waals surface area contributed by atoms with Crippen LogP contribution in [-0.2, 0) is 0 Å². The van der Waals surface area contributed by atoms with Crippen molar-refractivity contribution in [2.75, 3.05) is 56.7 Å². The normalized spacial score (nSPS) is 14.1. The zero-order valence-electron chi connectivity index (χ0n) is 17.0. The summed E-state index contributed by atoms with van der Waals surface area (Å²) in [5.74, 6) is 1.63. The lowest BCUT2D eigenvalue weighted by Gasteiger charge is -2.36. The number of rotatable bonds is 7. The zero-order valence-corrected chi connectivity index (χ0v) is 17.0. The van der Waals surface area contributed by atoms with Gasteiger partial charge in [-0.25, -0.2) is 9.97 Å². The third kappa shape index (κ3) is 4.71. The Labute approximate surface area is 166 Å². The lowest BCUT2D eigenvalue weighted by atomic mass is 10.2. The van der Waals surface area contributed by atoms with Crippen LogP contribution in [0.1, 0.15) is 30.3 Å². The van der Waals surface area contributed by atoms with Crippen LogP contribution in [0, 0.1) is 0 Å². The number of hydrogen-bond donors (Lipinski definition) is 0. The Morgan fingerprint density at radius 2 is 1.79 bits per heavy atom. The summed E-state index contributed by atoms with van der Waals surface area (Å²) in [6, 6.07) is 9.95. The van der Waals surface area contributed by atoms with Crippen molar-refractivity contribution in [3.63, 3.8) is 0 Å². The minimum Gasteiger partial charge on any atom is -0.497 e. The Kier molecular flexibility index (Phi) is 6.68.